The van der Waals surface area contributed by atoms with E-state index in [0.717, 1.165) is 33.9 Å². The number of likely N-dealkylation sites (tertiary alicyclic amines) is 1. The molecule has 2 aromatic heterocycles. The molecule has 1 amide bonds. The third-order valence-electron chi connectivity index (χ3n) is 6.10. The van der Waals surface area contributed by atoms with Crippen molar-refractivity contribution in [2.75, 3.05) is 17.6 Å². The number of carbonyl (C=O) groups is 1. The van der Waals surface area contributed by atoms with Crippen LogP contribution in [-0.4, -0.2) is 44.4 Å². The molecule has 32 heavy (non-hydrogen) atoms. The van der Waals surface area contributed by atoms with Gasteiger partial charge in [0.15, 0.2) is 0 Å². The van der Waals surface area contributed by atoms with Gasteiger partial charge in [-0.25, -0.2) is 9.97 Å². The Morgan fingerprint density at radius 1 is 1.34 bits per heavy atom. The van der Waals surface area contributed by atoms with E-state index in [-0.39, 0.29) is 29.4 Å². The number of amides is 1. The number of piperidine rings is 1. The first-order valence-corrected chi connectivity index (χ1v) is 11.4. The minimum atomic E-state index is -0.0112. The Kier molecular flexibility index (Phi) is 5.02. The van der Waals surface area contributed by atoms with E-state index >= 15 is 0 Å². The van der Waals surface area contributed by atoms with Crippen LogP contribution in [0.25, 0.3) is 10.4 Å². The van der Waals surface area contributed by atoms with Crippen LogP contribution in [0.15, 0.2) is 30.5 Å². The second kappa shape index (κ2) is 7.88. The molecule has 0 radical (unpaired) electrons. The van der Waals surface area contributed by atoms with Crippen LogP contribution < -0.4 is 11.1 Å². The fourth-order valence-electron chi connectivity index (χ4n) is 4.51. The number of benzene rings is 1. The van der Waals surface area contributed by atoms with E-state index in [2.05, 4.69) is 26.3 Å². The first kappa shape index (κ1) is 20.4. The lowest BCUT2D eigenvalue weighted by atomic mass is 10.1. The number of anilines is 2. The van der Waals surface area contributed by atoms with Gasteiger partial charge in [-0.2, -0.15) is 10.2 Å². The lowest BCUT2D eigenvalue weighted by Gasteiger charge is -2.27. The number of hydrogen-bond acceptors (Lipinski definition) is 8. The van der Waals surface area contributed by atoms with Gasteiger partial charge in [0, 0.05) is 12.6 Å². The molecule has 3 heterocycles. The first-order chi connectivity index (χ1) is 15.4. The van der Waals surface area contributed by atoms with Gasteiger partial charge in [-0.05, 0) is 38.2 Å². The Balaban J connectivity index is 1.38. The highest BCUT2D eigenvalue weighted by molar-refractivity contribution is 7.15. The number of aryl methyl sites for hydroxylation is 2. The number of nitrogens with two attached hydrogens (primary N) is 1. The Morgan fingerprint density at radius 2 is 2.19 bits per heavy atom. The van der Waals surface area contributed by atoms with Gasteiger partial charge in [0.2, 0.25) is 5.95 Å². The normalized spacial score (nSPS) is 21.2. The standard InChI is InChI=1S/C23H23N7OS/c1-12-4-3-5-14(6-12)20-19(28-13(2)32-20)22(31)30-17(7-15-8-18(15)30)11-27-23-26-10-16(9-24)21(25)29-23/h3-6,10,15,17-18H,7-8,11H2,1-2H3,(H3,25,26,27,29)/t15-,17+,18+/m1/s1. The number of fused-ring (bicyclic) bond motifs is 1. The minimum absolute atomic E-state index is 0.0112. The molecule has 1 saturated heterocycles. The SMILES string of the molecule is Cc1cccc(-c2sc(C)nc2C(=O)N2[C@H](CNc3ncc(C#N)c(N)n3)C[C@@H]3C[C@@H]32)c1. The van der Waals surface area contributed by atoms with Crippen molar-refractivity contribution in [2.45, 2.75) is 38.8 Å². The Hall–Kier alpha value is -3.51. The number of aromatic nitrogens is 3. The van der Waals surface area contributed by atoms with Crippen LogP contribution in [0.1, 0.15) is 39.5 Å². The number of thiazole rings is 1. The number of carbonyl (C=O) groups excluding carboxylic acids is 1. The second-order valence-electron chi connectivity index (χ2n) is 8.43. The zero-order valence-electron chi connectivity index (χ0n) is 17.9. The van der Waals surface area contributed by atoms with Crippen LogP contribution in [0, 0.1) is 31.1 Å². The monoisotopic (exact) mass is 445 g/mol. The van der Waals surface area contributed by atoms with Crippen molar-refractivity contribution in [1.29, 1.82) is 5.26 Å². The fraction of sp³-hybridized carbons (Fsp3) is 0.348. The largest absolute Gasteiger partial charge is 0.382 e. The average molecular weight is 446 g/mol. The summed E-state index contributed by atoms with van der Waals surface area (Å²) in [6, 6.07) is 10.4. The smallest absolute Gasteiger partial charge is 0.274 e. The highest BCUT2D eigenvalue weighted by Crippen LogP contribution is 2.49. The highest BCUT2D eigenvalue weighted by Gasteiger charge is 2.54. The zero-order chi connectivity index (χ0) is 22.4. The third-order valence-corrected chi connectivity index (χ3v) is 7.12. The van der Waals surface area contributed by atoms with E-state index in [0.29, 0.717) is 24.1 Å². The van der Waals surface area contributed by atoms with Crippen molar-refractivity contribution in [3.63, 3.8) is 0 Å². The molecule has 0 unspecified atom stereocenters. The van der Waals surface area contributed by atoms with Gasteiger partial charge >= 0.3 is 0 Å². The van der Waals surface area contributed by atoms with E-state index in [1.807, 2.05) is 43.0 Å². The van der Waals surface area contributed by atoms with Crippen LogP contribution >= 0.6 is 11.3 Å². The fourth-order valence-corrected chi connectivity index (χ4v) is 5.42. The number of hydrogen-bond donors (Lipinski definition) is 2. The lowest BCUT2D eigenvalue weighted by molar-refractivity contribution is 0.0704. The molecule has 162 valence electrons. The van der Waals surface area contributed by atoms with Crippen molar-refractivity contribution in [1.82, 2.24) is 19.9 Å². The van der Waals surface area contributed by atoms with Crippen LogP contribution in [-0.2, 0) is 0 Å². The van der Waals surface area contributed by atoms with Crippen LogP contribution in [0.2, 0.25) is 0 Å². The minimum Gasteiger partial charge on any atom is -0.382 e. The van der Waals surface area contributed by atoms with Crippen molar-refractivity contribution in [3.05, 3.63) is 52.3 Å². The Labute approximate surface area is 190 Å². The van der Waals surface area contributed by atoms with Crippen LogP contribution in [0.3, 0.4) is 0 Å². The molecule has 9 heteroatoms. The maximum absolute atomic E-state index is 13.7. The molecule has 2 aliphatic rings. The summed E-state index contributed by atoms with van der Waals surface area (Å²) in [4.78, 5) is 29.6. The van der Waals surface area contributed by atoms with Crippen LogP contribution in [0.5, 0.6) is 0 Å². The molecular formula is C23H23N7OS. The molecule has 3 atom stereocenters. The van der Waals surface area contributed by atoms with E-state index < -0.39 is 0 Å². The number of nitrogen functional groups attached to an aromatic ring is 1. The van der Waals surface area contributed by atoms with Crippen molar-refractivity contribution in [2.24, 2.45) is 5.92 Å². The summed E-state index contributed by atoms with van der Waals surface area (Å²) in [6.07, 6.45) is 3.40. The summed E-state index contributed by atoms with van der Waals surface area (Å²) in [6.45, 7) is 4.51. The molecule has 0 bridgehead atoms. The highest BCUT2D eigenvalue weighted by atomic mass is 32.1. The van der Waals surface area contributed by atoms with Gasteiger partial charge in [-0.3, -0.25) is 4.79 Å². The van der Waals surface area contributed by atoms with Gasteiger partial charge in [0.25, 0.3) is 5.91 Å². The Morgan fingerprint density at radius 3 is 2.94 bits per heavy atom. The summed E-state index contributed by atoms with van der Waals surface area (Å²) >= 11 is 1.56. The maximum Gasteiger partial charge on any atom is 0.274 e. The molecule has 1 aromatic carbocycles. The van der Waals surface area contributed by atoms with Gasteiger partial charge in [-0.1, -0.05) is 29.8 Å². The maximum atomic E-state index is 13.7. The lowest BCUT2D eigenvalue weighted by Crippen LogP contribution is -2.42. The summed E-state index contributed by atoms with van der Waals surface area (Å²) in [5.74, 6) is 1.04. The molecule has 0 spiro atoms. The summed E-state index contributed by atoms with van der Waals surface area (Å²) in [7, 11) is 0. The van der Waals surface area contributed by atoms with Gasteiger partial charge < -0.3 is 16.0 Å². The molecule has 3 aromatic rings. The van der Waals surface area contributed by atoms with Gasteiger partial charge in [-0.15, -0.1) is 11.3 Å². The van der Waals surface area contributed by atoms with Crippen molar-refractivity contribution >= 4 is 29.0 Å². The summed E-state index contributed by atoms with van der Waals surface area (Å²) in [5.41, 5.74) is 8.76. The number of nitrogens with zero attached hydrogens (tertiary/aromatic N) is 5. The number of nitriles is 1. The summed E-state index contributed by atoms with van der Waals surface area (Å²) in [5, 5.41) is 13.1. The van der Waals surface area contributed by atoms with Gasteiger partial charge in [0.1, 0.15) is 23.1 Å². The van der Waals surface area contributed by atoms with Crippen molar-refractivity contribution < 1.29 is 4.79 Å². The van der Waals surface area contributed by atoms with Gasteiger partial charge in [0.05, 0.1) is 22.1 Å². The molecule has 5 rings (SSSR count). The quantitative estimate of drug-likeness (QED) is 0.617. The molecule has 1 aliphatic heterocycles. The molecule has 8 nitrogen and oxygen atoms in total. The predicted molar refractivity (Wildman–Crippen MR) is 123 cm³/mol. The molecular weight excluding hydrogens is 422 g/mol. The van der Waals surface area contributed by atoms with E-state index in [1.54, 1.807) is 11.3 Å². The predicted octanol–water partition coefficient (Wildman–Crippen LogP) is 3.39. The van der Waals surface area contributed by atoms with E-state index in [9.17, 15) is 4.79 Å². The Bertz CT molecular complexity index is 1250. The molecule has 3 N–H and O–H groups in total. The zero-order valence-corrected chi connectivity index (χ0v) is 18.7. The topological polar surface area (TPSA) is 121 Å². The molecule has 1 saturated carbocycles. The first-order valence-electron chi connectivity index (χ1n) is 10.6. The molecule has 1 aliphatic carbocycles. The van der Waals surface area contributed by atoms with E-state index in [1.165, 1.54) is 6.20 Å². The second-order valence-corrected chi connectivity index (χ2v) is 9.63. The summed E-state index contributed by atoms with van der Waals surface area (Å²) < 4.78 is 0. The number of nitrogens with one attached hydrogen (secondary N) is 1. The van der Waals surface area contributed by atoms with E-state index in [4.69, 9.17) is 11.0 Å². The third kappa shape index (κ3) is 3.67. The van der Waals surface area contributed by atoms with Crippen LogP contribution in [0.4, 0.5) is 11.8 Å². The number of rotatable bonds is 5. The molecule has 2 fully saturated rings. The average Bonchev–Trinajstić information content (AvgIpc) is 3.26. The van der Waals surface area contributed by atoms with Crippen molar-refractivity contribution in [3.8, 4) is 16.5 Å².